The minimum Gasteiger partial charge on any atom is -0.426 e. The number of hydroxylamine groups is 1. The van der Waals surface area contributed by atoms with Crippen LogP contribution in [0.25, 0.3) is 0 Å². The highest BCUT2D eigenvalue weighted by molar-refractivity contribution is 5.80. The summed E-state index contributed by atoms with van der Waals surface area (Å²) >= 11 is 0. The smallest absolute Gasteiger partial charge is 0.316 e. The molecule has 0 fully saturated rings. The maximum Gasteiger partial charge on any atom is 0.316 e. The second-order valence-corrected chi connectivity index (χ2v) is 5.25. The van der Waals surface area contributed by atoms with Gasteiger partial charge in [-0.1, -0.05) is 38.3 Å². The number of hydrogen-bond donors (Lipinski definition) is 2. The number of allylic oxidation sites excluding steroid dienone is 5. The van der Waals surface area contributed by atoms with Gasteiger partial charge in [-0.2, -0.15) is 0 Å². The molecule has 1 amide bonds. The Morgan fingerprint density at radius 1 is 1.33 bits per heavy atom. The molecule has 1 unspecified atom stereocenters. The molecule has 0 heterocycles. The van der Waals surface area contributed by atoms with Crippen molar-refractivity contribution in [2.24, 2.45) is 11.3 Å². The first-order chi connectivity index (χ1) is 9.78. The Bertz CT molecular complexity index is 461. The van der Waals surface area contributed by atoms with E-state index in [2.05, 4.69) is 13.2 Å². The van der Waals surface area contributed by atoms with Crippen LogP contribution < -0.4 is 5.48 Å². The first kappa shape index (κ1) is 18.9. The molecule has 0 saturated carbocycles. The lowest BCUT2D eigenvalue weighted by Crippen LogP contribution is -2.34. The van der Waals surface area contributed by atoms with E-state index in [1.54, 1.807) is 50.6 Å². The van der Waals surface area contributed by atoms with Crippen LogP contribution in [0, 0.1) is 11.3 Å². The van der Waals surface area contributed by atoms with Crippen LogP contribution in [-0.4, -0.2) is 17.1 Å². The zero-order valence-electron chi connectivity index (χ0n) is 12.8. The molecular weight excluding hydrogens is 270 g/mol. The van der Waals surface area contributed by atoms with E-state index in [-0.39, 0.29) is 6.42 Å². The quantitative estimate of drug-likeness (QED) is 0.237. The van der Waals surface area contributed by atoms with E-state index in [1.165, 1.54) is 6.08 Å². The van der Waals surface area contributed by atoms with E-state index >= 15 is 0 Å². The van der Waals surface area contributed by atoms with E-state index in [1.807, 2.05) is 0 Å². The number of rotatable bonds is 8. The molecule has 0 aromatic carbocycles. The van der Waals surface area contributed by atoms with Gasteiger partial charge in [0.15, 0.2) is 0 Å². The van der Waals surface area contributed by atoms with Gasteiger partial charge in [-0.3, -0.25) is 14.8 Å². The lowest BCUT2D eigenvalue weighted by Gasteiger charge is -2.25. The Morgan fingerprint density at radius 3 is 2.43 bits per heavy atom. The highest BCUT2D eigenvalue weighted by atomic mass is 16.5. The number of amides is 1. The van der Waals surface area contributed by atoms with Gasteiger partial charge in [0.2, 0.25) is 5.91 Å². The average molecular weight is 293 g/mol. The molecule has 0 bridgehead atoms. The van der Waals surface area contributed by atoms with Crippen LogP contribution in [0.4, 0.5) is 0 Å². The molecule has 0 saturated heterocycles. The molecule has 116 valence electrons. The normalized spacial score (nSPS) is 13.6. The number of ether oxygens (including phenoxy) is 1. The van der Waals surface area contributed by atoms with Crippen molar-refractivity contribution in [2.75, 3.05) is 0 Å². The molecule has 0 radical (unpaired) electrons. The van der Waals surface area contributed by atoms with Crippen molar-refractivity contribution in [3.05, 3.63) is 49.3 Å². The second-order valence-electron chi connectivity index (χ2n) is 5.25. The maximum absolute atomic E-state index is 12.2. The largest absolute Gasteiger partial charge is 0.426 e. The van der Waals surface area contributed by atoms with Crippen LogP contribution in [0.1, 0.15) is 27.2 Å². The van der Waals surface area contributed by atoms with Gasteiger partial charge in [-0.15, -0.1) is 0 Å². The van der Waals surface area contributed by atoms with Gasteiger partial charge < -0.3 is 4.74 Å². The van der Waals surface area contributed by atoms with Crippen molar-refractivity contribution in [3.63, 3.8) is 0 Å². The predicted octanol–water partition coefficient (Wildman–Crippen LogP) is 2.90. The third kappa shape index (κ3) is 6.72. The number of nitrogens with one attached hydrogen (secondary N) is 1. The van der Waals surface area contributed by atoms with Gasteiger partial charge in [-0.05, 0) is 32.4 Å². The molecule has 0 aromatic rings. The summed E-state index contributed by atoms with van der Waals surface area (Å²) in [4.78, 5) is 23.5. The van der Waals surface area contributed by atoms with Gasteiger partial charge in [0.1, 0.15) is 5.76 Å². The summed E-state index contributed by atoms with van der Waals surface area (Å²) in [5.41, 5.74) is 0.697. The fraction of sp³-hybridized carbons (Fsp3) is 0.375. The van der Waals surface area contributed by atoms with Crippen molar-refractivity contribution in [1.82, 2.24) is 5.48 Å². The minimum absolute atomic E-state index is 0.241. The molecule has 0 aliphatic heterocycles. The van der Waals surface area contributed by atoms with E-state index < -0.39 is 23.2 Å². The lowest BCUT2D eigenvalue weighted by molar-refractivity contribution is -0.150. The fourth-order valence-electron chi connectivity index (χ4n) is 1.67. The average Bonchev–Trinajstić information content (AvgIpc) is 2.44. The SMILES string of the molecule is C=C/C=C\C=C(/C=C)OC(=O)C(C)(C)CC(C)C(=O)NO. The van der Waals surface area contributed by atoms with Crippen LogP contribution >= 0.6 is 0 Å². The third-order valence-electron chi connectivity index (χ3n) is 2.85. The first-order valence-electron chi connectivity index (χ1n) is 6.56. The third-order valence-corrected chi connectivity index (χ3v) is 2.85. The van der Waals surface area contributed by atoms with Crippen molar-refractivity contribution >= 4 is 11.9 Å². The summed E-state index contributed by atoms with van der Waals surface area (Å²) in [6, 6.07) is 0. The highest BCUT2D eigenvalue weighted by Gasteiger charge is 2.33. The molecule has 0 aliphatic rings. The fourth-order valence-corrected chi connectivity index (χ4v) is 1.67. The van der Waals surface area contributed by atoms with Gasteiger partial charge >= 0.3 is 5.97 Å². The van der Waals surface area contributed by atoms with E-state index in [0.717, 1.165) is 0 Å². The molecule has 5 nitrogen and oxygen atoms in total. The van der Waals surface area contributed by atoms with Crippen molar-refractivity contribution < 1.29 is 19.5 Å². The summed E-state index contributed by atoms with van der Waals surface area (Å²) in [7, 11) is 0. The summed E-state index contributed by atoms with van der Waals surface area (Å²) in [5.74, 6) is -1.22. The van der Waals surface area contributed by atoms with E-state index in [0.29, 0.717) is 5.76 Å². The molecule has 2 N–H and O–H groups in total. The summed E-state index contributed by atoms with van der Waals surface area (Å²) in [6.45, 7) is 12.1. The number of carbonyl (C=O) groups excluding carboxylic acids is 2. The zero-order valence-corrected chi connectivity index (χ0v) is 12.8. The van der Waals surface area contributed by atoms with Gasteiger partial charge in [0.25, 0.3) is 0 Å². The van der Waals surface area contributed by atoms with Crippen LogP contribution in [0.2, 0.25) is 0 Å². The Kier molecular flexibility index (Phi) is 8.01. The Morgan fingerprint density at radius 2 is 1.95 bits per heavy atom. The molecular formula is C16H23NO4. The summed E-state index contributed by atoms with van der Waals surface area (Å²) in [5, 5.41) is 8.59. The van der Waals surface area contributed by atoms with Crippen LogP contribution in [0.5, 0.6) is 0 Å². The molecule has 0 spiro atoms. The van der Waals surface area contributed by atoms with Crippen LogP contribution in [0.3, 0.4) is 0 Å². The first-order valence-corrected chi connectivity index (χ1v) is 6.56. The molecule has 0 rings (SSSR count). The van der Waals surface area contributed by atoms with Crippen molar-refractivity contribution in [3.8, 4) is 0 Å². The topological polar surface area (TPSA) is 75.6 Å². The molecule has 5 heteroatoms. The zero-order chi connectivity index (χ0) is 16.5. The van der Waals surface area contributed by atoms with E-state index in [9.17, 15) is 9.59 Å². The lowest BCUT2D eigenvalue weighted by atomic mass is 9.83. The maximum atomic E-state index is 12.2. The van der Waals surface area contributed by atoms with Gasteiger partial charge in [0.05, 0.1) is 5.41 Å². The monoisotopic (exact) mass is 293 g/mol. The minimum atomic E-state index is -0.879. The van der Waals surface area contributed by atoms with Crippen molar-refractivity contribution in [2.45, 2.75) is 27.2 Å². The number of carbonyl (C=O) groups is 2. The Labute approximate surface area is 125 Å². The van der Waals surface area contributed by atoms with Gasteiger partial charge in [0, 0.05) is 5.92 Å². The standard InChI is InChI=1S/C16H23NO4/c1-6-8-9-10-13(7-2)21-15(19)16(4,5)11-12(3)14(18)17-20/h6-10,12,20H,1-2,11H2,3-5H3,(H,17,18)/b9-8-,13-10+. The van der Waals surface area contributed by atoms with Gasteiger partial charge in [-0.25, -0.2) is 5.48 Å². The molecule has 0 aromatic heterocycles. The predicted molar refractivity (Wildman–Crippen MR) is 81.2 cm³/mol. The highest BCUT2D eigenvalue weighted by Crippen LogP contribution is 2.28. The molecule has 21 heavy (non-hydrogen) atoms. The Balaban J connectivity index is 4.85. The number of esters is 1. The summed E-state index contributed by atoms with van der Waals surface area (Å²) < 4.78 is 5.25. The van der Waals surface area contributed by atoms with Crippen LogP contribution in [-0.2, 0) is 14.3 Å². The summed E-state index contributed by atoms with van der Waals surface area (Å²) in [6.07, 6.45) is 8.21. The number of hydrogen-bond acceptors (Lipinski definition) is 4. The van der Waals surface area contributed by atoms with Crippen LogP contribution in [0.15, 0.2) is 49.3 Å². The molecule has 1 atom stereocenters. The second kappa shape index (κ2) is 8.92. The molecule has 0 aliphatic carbocycles. The van der Waals surface area contributed by atoms with Crippen molar-refractivity contribution in [1.29, 1.82) is 0 Å². The van der Waals surface area contributed by atoms with E-state index in [4.69, 9.17) is 9.94 Å². The Hall–Kier alpha value is -2.14.